The Balaban J connectivity index is 1.70. The van der Waals surface area contributed by atoms with Gasteiger partial charge in [0.15, 0.2) is 0 Å². The molecule has 0 aliphatic heterocycles. The fourth-order valence-electron chi connectivity index (χ4n) is 2.20. The van der Waals surface area contributed by atoms with Gasteiger partial charge in [-0.2, -0.15) is 5.10 Å². The lowest BCUT2D eigenvalue weighted by Crippen LogP contribution is -2.18. The maximum Gasteiger partial charge on any atom is 0.240 e. The standard InChI is InChI=1S/C19H20BrN3O3/c1-26-17-9-3-2-6-14(17)13-21-23-19(25)11-5-10-18(24)22-16-8-4-7-15(20)12-16/h2-4,6-9,12-13H,5,10-11H2,1H3,(H,22,24)(H,23,25)/b21-13-. The van der Waals surface area contributed by atoms with E-state index in [4.69, 9.17) is 4.74 Å². The summed E-state index contributed by atoms with van der Waals surface area (Å²) < 4.78 is 6.09. The number of hydrazone groups is 1. The molecule has 0 unspecified atom stereocenters. The molecule has 0 spiro atoms. The number of rotatable bonds is 8. The molecule has 0 bridgehead atoms. The van der Waals surface area contributed by atoms with E-state index in [1.165, 1.54) is 6.21 Å². The number of nitrogens with zero attached hydrogens (tertiary/aromatic N) is 1. The lowest BCUT2D eigenvalue weighted by Gasteiger charge is -2.05. The summed E-state index contributed by atoms with van der Waals surface area (Å²) in [6.07, 6.45) is 2.44. The van der Waals surface area contributed by atoms with E-state index in [0.29, 0.717) is 12.2 Å². The van der Waals surface area contributed by atoms with Gasteiger partial charge in [0, 0.05) is 28.6 Å². The smallest absolute Gasteiger partial charge is 0.240 e. The molecular formula is C19H20BrN3O3. The minimum Gasteiger partial charge on any atom is -0.496 e. The lowest BCUT2D eigenvalue weighted by molar-refractivity contribution is -0.121. The van der Waals surface area contributed by atoms with Crippen molar-refractivity contribution in [2.45, 2.75) is 19.3 Å². The van der Waals surface area contributed by atoms with Crippen molar-refractivity contribution in [1.29, 1.82) is 0 Å². The normalized spacial score (nSPS) is 10.5. The minimum absolute atomic E-state index is 0.131. The summed E-state index contributed by atoms with van der Waals surface area (Å²) in [5.41, 5.74) is 3.94. The molecule has 2 aromatic rings. The van der Waals surface area contributed by atoms with Crippen LogP contribution in [0.25, 0.3) is 0 Å². The van der Waals surface area contributed by atoms with E-state index < -0.39 is 0 Å². The van der Waals surface area contributed by atoms with Crippen LogP contribution in [0.15, 0.2) is 58.1 Å². The number of methoxy groups -OCH3 is 1. The second-order valence-electron chi connectivity index (χ2n) is 5.45. The molecule has 26 heavy (non-hydrogen) atoms. The van der Waals surface area contributed by atoms with E-state index in [1.54, 1.807) is 7.11 Å². The monoisotopic (exact) mass is 417 g/mol. The maximum atomic E-state index is 11.9. The summed E-state index contributed by atoms with van der Waals surface area (Å²) in [5, 5.41) is 6.70. The Morgan fingerprint density at radius 3 is 2.65 bits per heavy atom. The Hall–Kier alpha value is -2.67. The summed E-state index contributed by atoms with van der Waals surface area (Å²) in [7, 11) is 1.57. The Morgan fingerprint density at radius 2 is 1.88 bits per heavy atom. The van der Waals surface area contributed by atoms with Crippen LogP contribution in [0, 0.1) is 0 Å². The first-order chi connectivity index (χ1) is 12.6. The van der Waals surface area contributed by atoms with Crippen LogP contribution in [0.1, 0.15) is 24.8 Å². The van der Waals surface area contributed by atoms with Crippen LogP contribution in [0.4, 0.5) is 5.69 Å². The third-order valence-electron chi connectivity index (χ3n) is 3.45. The molecule has 0 fully saturated rings. The van der Waals surface area contributed by atoms with Crippen molar-refractivity contribution in [3.63, 3.8) is 0 Å². The molecule has 0 saturated heterocycles. The zero-order chi connectivity index (χ0) is 18.8. The molecule has 2 amide bonds. The van der Waals surface area contributed by atoms with Gasteiger partial charge < -0.3 is 10.1 Å². The number of benzene rings is 2. The average molecular weight is 418 g/mol. The van der Waals surface area contributed by atoms with Gasteiger partial charge in [0.1, 0.15) is 5.75 Å². The molecule has 0 atom stereocenters. The van der Waals surface area contributed by atoms with Crippen LogP contribution in [-0.2, 0) is 9.59 Å². The zero-order valence-corrected chi connectivity index (χ0v) is 16.0. The summed E-state index contributed by atoms with van der Waals surface area (Å²) in [6.45, 7) is 0. The van der Waals surface area contributed by atoms with Crippen LogP contribution in [0.3, 0.4) is 0 Å². The fourth-order valence-corrected chi connectivity index (χ4v) is 2.60. The number of hydrogen-bond acceptors (Lipinski definition) is 4. The van der Waals surface area contributed by atoms with Gasteiger partial charge >= 0.3 is 0 Å². The Kier molecular flexibility index (Phi) is 7.82. The number of hydrogen-bond donors (Lipinski definition) is 2. The van der Waals surface area contributed by atoms with Crippen molar-refractivity contribution >= 4 is 39.6 Å². The van der Waals surface area contributed by atoms with Crippen molar-refractivity contribution in [2.75, 3.05) is 12.4 Å². The number of halogens is 1. The molecule has 2 N–H and O–H groups in total. The number of carbonyl (C=O) groups excluding carboxylic acids is 2. The molecule has 0 radical (unpaired) electrons. The van der Waals surface area contributed by atoms with Crippen molar-refractivity contribution < 1.29 is 14.3 Å². The Bertz CT molecular complexity index is 793. The summed E-state index contributed by atoms with van der Waals surface area (Å²) >= 11 is 3.35. The quantitative estimate of drug-likeness (QED) is 0.507. The van der Waals surface area contributed by atoms with Crippen molar-refractivity contribution in [1.82, 2.24) is 5.43 Å². The summed E-state index contributed by atoms with van der Waals surface area (Å²) in [6, 6.07) is 14.7. The molecule has 0 aromatic heterocycles. The molecule has 0 saturated carbocycles. The van der Waals surface area contributed by atoms with Gasteiger partial charge in [-0.3, -0.25) is 9.59 Å². The van der Waals surface area contributed by atoms with Crippen LogP contribution >= 0.6 is 15.9 Å². The van der Waals surface area contributed by atoms with E-state index >= 15 is 0 Å². The van der Waals surface area contributed by atoms with Crippen molar-refractivity contribution in [3.8, 4) is 5.75 Å². The second kappa shape index (κ2) is 10.4. The molecule has 2 aromatic carbocycles. The first-order valence-electron chi connectivity index (χ1n) is 8.09. The number of ether oxygens (including phenoxy) is 1. The van der Waals surface area contributed by atoms with Gasteiger partial charge in [0.05, 0.1) is 13.3 Å². The molecule has 0 aliphatic rings. The molecule has 2 rings (SSSR count). The van der Waals surface area contributed by atoms with Crippen LogP contribution in [-0.4, -0.2) is 25.1 Å². The van der Waals surface area contributed by atoms with E-state index in [9.17, 15) is 9.59 Å². The topological polar surface area (TPSA) is 79.8 Å². The van der Waals surface area contributed by atoms with Gasteiger partial charge in [0.2, 0.25) is 11.8 Å². The van der Waals surface area contributed by atoms with Crippen molar-refractivity contribution in [3.05, 3.63) is 58.6 Å². The van der Waals surface area contributed by atoms with E-state index in [1.807, 2.05) is 48.5 Å². The first kappa shape index (κ1) is 19.7. The number of anilines is 1. The molecular weight excluding hydrogens is 398 g/mol. The average Bonchev–Trinajstić information content (AvgIpc) is 2.62. The third kappa shape index (κ3) is 6.68. The third-order valence-corrected chi connectivity index (χ3v) is 3.94. The number of amides is 2. The SMILES string of the molecule is COc1ccccc1/C=N\NC(=O)CCCC(=O)Nc1cccc(Br)c1. The maximum absolute atomic E-state index is 11.9. The predicted molar refractivity (Wildman–Crippen MR) is 105 cm³/mol. The largest absolute Gasteiger partial charge is 0.496 e. The van der Waals surface area contributed by atoms with Crippen LogP contribution in [0.2, 0.25) is 0 Å². The molecule has 136 valence electrons. The molecule has 0 aliphatic carbocycles. The van der Waals surface area contributed by atoms with Crippen LogP contribution in [0.5, 0.6) is 5.75 Å². The number of nitrogens with one attached hydrogen (secondary N) is 2. The van der Waals surface area contributed by atoms with Gasteiger partial charge in [0.25, 0.3) is 0 Å². The van der Waals surface area contributed by atoms with E-state index in [0.717, 1.165) is 15.7 Å². The van der Waals surface area contributed by atoms with Gasteiger partial charge in [-0.05, 0) is 36.8 Å². The van der Waals surface area contributed by atoms with E-state index in [-0.39, 0.29) is 24.7 Å². The number of carbonyl (C=O) groups is 2. The lowest BCUT2D eigenvalue weighted by atomic mass is 10.2. The highest BCUT2D eigenvalue weighted by molar-refractivity contribution is 9.10. The molecule has 0 heterocycles. The molecule has 7 heteroatoms. The van der Waals surface area contributed by atoms with Gasteiger partial charge in [-0.15, -0.1) is 0 Å². The van der Waals surface area contributed by atoms with E-state index in [2.05, 4.69) is 31.8 Å². The predicted octanol–water partition coefficient (Wildman–Crippen LogP) is 3.72. The Morgan fingerprint density at radius 1 is 1.12 bits per heavy atom. The number of para-hydroxylation sites is 1. The highest BCUT2D eigenvalue weighted by Gasteiger charge is 2.06. The van der Waals surface area contributed by atoms with Crippen LogP contribution < -0.4 is 15.5 Å². The minimum atomic E-state index is -0.244. The van der Waals surface area contributed by atoms with Gasteiger partial charge in [-0.1, -0.05) is 34.1 Å². The zero-order valence-electron chi connectivity index (χ0n) is 14.4. The van der Waals surface area contributed by atoms with Gasteiger partial charge in [-0.25, -0.2) is 5.43 Å². The van der Waals surface area contributed by atoms with Crippen molar-refractivity contribution in [2.24, 2.45) is 5.10 Å². The highest BCUT2D eigenvalue weighted by Crippen LogP contribution is 2.16. The summed E-state index contributed by atoms with van der Waals surface area (Å²) in [4.78, 5) is 23.7. The summed E-state index contributed by atoms with van der Waals surface area (Å²) in [5.74, 6) is 0.301. The first-order valence-corrected chi connectivity index (χ1v) is 8.88. The fraction of sp³-hybridized carbons (Fsp3) is 0.211. The second-order valence-corrected chi connectivity index (χ2v) is 6.36. The molecule has 6 nitrogen and oxygen atoms in total. The Labute approximate surface area is 160 Å². The highest BCUT2D eigenvalue weighted by atomic mass is 79.9.